The fourth-order valence-electron chi connectivity index (χ4n) is 1.57. The Balaban J connectivity index is 2.52. The average molecular weight is 250 g/mol. The first-order valence-corrected chi connectivity index (χ1v) is 6.09. The molecule has 1 aromatic carbocycles. The Morgan fingerprint density at radius 1 is 1.39 bits per heavy atom. The van der Waals surface area contributed by atoms with Gasteiger partial charge >= 0.3 is 0 Å². The maximum Gasteiger partial charge on any atom is 0.161 e. The average Bonchev–Trinajstić information content (AvgIpc) is 2.35. The molecule has 18 heavy (non-hydrogen) atoms. The minimum Gasteiger partial charge on any atom is -0.504 e. The van der Waals surface area contributed by atoms with Gasteiger partial charge in [-0.05, 0) is 37.5 Å². The molecule has 0 aliphatic carbocycles. The van der Waals surface area contributed by atoms with Crippen LogP contribution in [0.25, 0.3) is 6.08 Å². The number of hydrogen-bond donors (Lipinski definition) is 3. The number of rotatable bonds is 6. The first-order valence-electron chi connectivity index (χ1n) is 6.09. The summed E-state index contributed by atoms with van der Waals surface area (Å²) in [4.78, 5) is 0. The zero-order chi connectivity index (χ0) is 13.5. The van der Waals surface area contributed by atoms with Crippen LogP contribution in [0.5, 0.6) is 11.5 Å². The number of phenolic OH excluding ortho intramolecular Hbond substituents is 1. The number of benzene rings is 1. The lowest BCUT2D eigenvalue weighted by atomic mass is 10.1. The molecule has 1 rings (SSSR count). The van der Waals surface area contributed by atoms with Crippen LogP contribution in [0.15, 0.2) is 24.3 Å². The van der Waals surface area contributed by atoms with E-state index in [1.807, 2.05) is 25.1 Å². The lowest BCUT2D eigenvalue weighted by Crippen LogP contribution is -2.38. The molecule has 0 fully saturated rings. The van der Waals surface area contributed by atoms with E-state index >= 15 is 0 Å². The molecule has 0 aromatic heterocycles. The van der Waals surface area contributed by atoms with E-state index in [1.165, 1.54) is 7.11 Å². The van der Waals surface area contributed by atoms with Gasteiger partial charge in [-0.25, -0.2) is 0 Å². The molecule has 0 aliphatic rings. The van der Waals surface area contributed by atoms with E-state index in [9.17, 15) is 5.11 Å². The third-order valence-electron chi connectivity index (χ3n) is 2.86. The van der Waals surface area contributed by atoms with Crippen molar-refractivity contribution in [2.24, 2.45) is 11.5 Å². The summed E-state index contributed by atoms with van der Waals surface area (Å²) in [6, 6.07) is 5.29. The second-order valence-electron chi connectivity index (χ2n) is 4.43. The summed E-state index contributed by atoms with van der Waals surface area (Å²) in [6.45, 7) is 1.92. The molecule has 100 valence electrons. The third-order valence-corrected chi connectivity index (χ3v) is 2.86. The van der Waals surface area contributed by atoms with Gasteiger partial charge in [0.05, 0.1) is 7.11 Å². The normalized spacial score (nSPS) is 14.7. The van der Waals surface area contributed by atoms with Gasteiger partial charge in [0.2, 0.25) is 0 Å². The second kappa shape index (κ2) is 7.03. The highest BCUT2D eigenvalue weighted by Crippen LogP contribution is 2.26. The van der Waals surface area contributed by atoms with Crippen LogP contribution < -0.4 is 16.2 Å². The highest BCUT2D eigenvalue weighted by atomic mass is 16.5. The van der Waals surface area contributed by atoms with Gasteiger partial charge in [-0.3, -0.25) is 0 Å². The van der Waals surface area contributed by atoms with Gasteiger partial charge in [-0.2, -0.15) is 0 Å². The standard InChI is InChI=1S/C14H22N2O2/c1-10(15)12(16)6-4-3-5-11-7-8-13(17)14(9-11)18-2/h3,5,7-10,12,17H,4,6,15-16H2,1-2H3/b5-3+. The predicted octanol–water partition coefficient (Wildman–Crippen LogP) is 1.87. The quantitative estimate of drug-likeness (QED) is 0.720. The molecule has 5 N–H and O–H groups in total. The lowest BCUT2D eigenvalue weighted by Gasteiger charge is -2.13. The van der Waals surface area contributed by atoms with Crippen LogP contribution in [-0.2, 0) is 0 Å². The van der Waals surface area contributed by atoms with Gasteiger partial charge < -0.3 is 21.3 Å². The molecule has 0 saturated heterocycles. The van der Waals surface area contributed by atoms with Crippen LogP contribution in [0.1, 0.15) is 25.3 Å². The number of hydrogen-bond acceptors (Lipinski definition) is 4. The van der Waals surface area contributed by atoms with E-state index in [2.05, 4.69) is 0 Å². The zero-order valence-corrected chi connectivity index (χ0v) is 11.0. The monoisotopic (exact) mass is 250 g/mol. The van der Waals surface area contributed by atoms with Crippen LogP contribution in [0.4, 0.5) is 0 Å². The molecule has 1 aromatic rings. The third kappa shape index (κ3) is 4.39. The summed E-state index contributed by atoms with van der Waals surface area (Å²) >= 11 is 0. The predicted molar refractivity (Wildman–Crippen MR) is 74.6 cm³/mol. The Morgan fingerprint density at radius 3 is 2.72 bits per heavy atom. The number of phenols is 1. The summed E-state index contributed by atoms with van der Waals surface area (Å²) in [5.41, 5.74) is 12.5. The largest absolute Gasteiger partial charge is 0.504 e. The fraction of sp³-hybridized carbons (Fsp3) is 0.429. The highest BCUT2D eigenvalue weighted by Gasteiger charge is 2.05. The molecule has 4 nitrogen and oxygen atoms in total. The number of allylic oxidation sites excluding steroid dienone is 1. The first-order chi connectivity index (χ1) is 8.54. The number of methoxy groups -OCH3 is 1. The molecule has 0 aliphatic heterocycles. The molecule has 0 radical (unpaired) electrons. The Morgan fingerprint density at radius 2 is 2.11 bits per heavy atom. The minimum absolute atomic E-state index is 0.0205. The summed E-state index contributed by atoms with van der Waals surface area (Å²) in [6.07, 6.45) is 5.78. The summed E-state index contributed by atoms with van der Waals surface area (Å²) < 4.78 is 5.04. The zero-order valence-electron chi connectivity index (χ0n) is 11.0. The lowest BCUT2D eigenvalue weighted by molar-refractivity contribution is 0.373. The summed E-state index contributed by atoms with van der Waals surface area (Å²) in [7, 11) is 1.53. The fourth-order valence-corrected chi connectivity index (χ4v) is 1.57. The Hall–Kier alpha value is -1.52. The first kappa shape index (κ1) is 14.5. The van der Waals surface area contributed by atoms with Crippen molar-refractivity contribution in [3.05, 3.63) is 29.8 Å². The molecule has 0 heterocycles. The van der Waals surface area contributed by atoms with Crippen molar-refractivity contribution >= 4 is 6.08 Å². The van der Waals surface area contributed by atoms with Crippen LogP contribution in [-0.4, -0.2) is 24.3 Å². The van der Waals surface area contributed by atoms with Crippen molar-refractivity contribution in [2.45, 2.75) is 31.8 Å². The Kier molecular flexibility index (Phi) is 5.68. The highest BCUT2D eigenvalue weighted by molar-refractivity contribution is 5.55. The van der Waals surface area contributed by atoms with Crippen molar-refractivity contribution in [3.8, 4) is 11.5 Å². The molecule has 0 saturated carbocycles. The molecular weight excluding hydrogens is 228 g/mol. The second-order valence-corrected chi connectivity index (χ2v) is 4.43. The molecule has 2 unspecified atom stereocenters. The van der Waals surface area contributed by atoms with Crippen molar-refractivity contribution in [1.29, 1.82) is 0 Å². The van der Waals surface area contributed by atoms with E-state index in [-0.39, 0.29) is 17.8 Å². The van der Waals surface area contributed by atoms with E-state index in [0.717, 1.165) is 18.4 Å². The SMILES string of the molecule is COc1cc(/C=C/CCC(N)C(C)N)ccc1O. The number of ether oxygens (including phenoxy) is 1. The van der Waals surface area contributed by atoms with E-state index in [4.69, 9.17) is 16.2 Å². The number of aromatic hydroxyl groups is 1. The van der Waals surface area contributed by atoms with E-state index in [1.54, 1.807) is 12.1 Å². The Bertz CT molecular complexity index is 403. The summed E-state index contributed by atoms with van der Waals surface area (Å²) in [5, 5.41) is 9.46. The maximum absolute atomic E-state index is 9.46. The smallest absolute Gasteiger partial charge is 0.161 e. The number of nitrogens with two attached hydrogens (primary N) is 2. The topological polar surface area (TPSA) is 81.5 Å². The van der Waals surface area contributed by atoms with E-state index in [0.29, 0.717) is 5.75 Å². The van der Waals surface area contributed by atoms with E-state index < -0.39 is 0 Å². The van der Waals surface area contributed by atoms with Gasteiger partial charge in [0.15, 0.2) is 11.5 Å². The molecule has 2 atom stereocenters. The molecule has 0 spiro atoms. The van der Waals surface area contributed by atoms with Gasteiger partial charge in [0.25, 0.3) is 0 Å². The van der Waals surface area contributed by atoms with Crippen LogP contribution in [0.3, 0.4) is 0 Å². The molecule has 0 amide bonds. The summed E-state index contributed by atoms with van der Waals surface area (Å²) in [5.74, 6) is 0.623. The van der Waals surface area contributed by atoms with Gasteiger partial charge in [0.1, 0.15) is 0 Å². The van der Waals surface area contributed by atoms with Gasteiger partial charge in [0, 0.05) is 12.1 Å². The maximum atomic E-state index is 9.46. The van der Waals surface area contributed by atoms with Crippen molar-refractivity contribution in [3.63, 3.8) is 0 Å². The van der Waals surface area contributed by atoms with Gasteiger partial charge in [-0.1, -0.05) is 18.2 Å². The van der Waals surface area contributed by atoms with Crippen LogP contribution in [0.2, 0.25) is 0 Å². The minimum atomic E-state index is 0.0205. The molecular formula is C14H22N2O2. The molecule has 4 heteroatoms. The van der Waals surface area contributed by atoms with Crippen LogP contribution in [0, 0.1) is 0 Å². The Labute approximate surface area is 108 Å². The molecule has 0 bridgehead atoms. The van der Waals surface area contributed by atoms with Crippen molar-refractivity contribution < 1.29 is 9.84 Å². The van der Waals surface area contributed by atoms with Crippen molar-refractivity contribution in [2.75, 3.05) is 7.11 Å². The van der Waals surface area contributed by atoms with Crippen molar-refractivity contribution in [1.82, 2.24) is 0 Å². The van der Waals surface area contributed by atoms with Gasteiger partial charge in [-0.15, -0.1) is 0 Å². The van der Waals surface area contributed by atoms with Crippen LogP contribution >= 0.6 is 0 Å².